The molecule has 2 aliphatic carbocycles. The van der Waals surface area contributed by atoms with Gasteiger partial charge in [0.2, 0.25) is 0 Å². The summed E-state index contributed by atoms with van der Waals surface area (Å²) in [4.78, 5) is 17.3. The maximum Gasteiger partial charge on any atom is 0.338 e. The Hall–Kier alpha value is -2.04. The normalized spacial score (nSPS) is 23.4. The Balaban J connectivity index is 1.65. The number of hydrogen-bond donors (Lipinski definition) is 2. The van der Waals surface area contributed by atoms with Crippen molar-refractivity contribution >= 4 is 23.2 Å². The molecule has 27 heavy (non-hydrogen) atoms. The lowest BCUT2D eigenvalue weighted by Gasteiger charge is -2.44. The van der Waals surface area contributed by atoms with E-state index in [1.807, 2.05) is 25.1 Å². The lowest BCUT2D eigenvalue weighted by Crippen LogP contribution is -2.54. The number of carbonyl (C=O) groups is 1. The number of nitrogens with zero attached hydrogens (tertiary/aromatic N) is 1. The van der Waals surface area contributed by atoms with Crippen LogP contribution in [0.5, 0.6) is 0 Å². The molecule has 0 atom stereocenters. The van der Waals surface area contributed by atoms with E-state index in [4.69, 9.17) is 9.73 Å². The van der Waals surface area contributed by atoms with Crippen LogP contribution in [0.2, 0.25) is 0 Å². The van der Waals surface area contributed by atoms with Crippen molar-refractivity contribution in [3.05, 3.63) is 23.8 Å². The molecule has 2 N–H and O–H groups in total. The number of fused-ring (bicyclic) bond motifs is 1. The van der Waals surface area contributed by atoms with Gasteiger partial charge in [0.05, 0.1) is 35.1 Å². The van der Waals surface area contributed by atoms with Gasteiger partial charge in [-0.25, -0.2) is 4.79 Å². The second kappa shape index (κ2) is 7.91. The van der Waals surface area contributed by atoms with E-state index in [1.54, 1.807) is 0 Å². The van der Waals surface area contributed by atoms with Crippen molar-refractivity contribution in [1.29, 1.82) is 0 Å². The molecule has 0 aromatic heterocycles. The number of amidine groups is 1. The monoisotopic (exact) mass is 369 g/mol. The van der Waals surface area contributed by atoms with E-state index in [-0.39, 0.29) is 11.5 Å². The Kier molecular flexibility index (Phi) is 5.37. The first kappa shape index (κ1) is 18.3. The number of hydrogen-bond acceptors (Lipinski definition) is 4. The summed E-state index contributed by atoms with van der Waals surface area (Å²) < 4.78 is 5.17. The van der Waals surface area contributed by atoms with Crippen molar-refractivity contribution in [3.63, 3.8) is 0 Å². The molecule has 5 nitrogen and oxygen atoms in total. The van der Waals surface area contributed by atoms with Crippen LogP contribution in [0.1, 0.15) is 81.5 Å². The summed E-state index contributed by atoms with van der Waals surface area (Å²) in [5, 5.41) is 7.43. The van der Waals surface area contributed by atoms with Crippen LogP contribution < -0.4 is 10.6 Å². The molecule has 0 unspecified atom stereocenters. The van der Waals surface area contributed by atoms with Gasteiger partial charge in [-0.3, -0.25) is 4.99 Å². The summed E-state index contributed by atoms with van der Waals surface area (Å²) in [5.74, 6) is 0.854. The van der Waals surface area contributed by atoms with Crippen molar-refractivity contribution in [2.24, 2.45) is 4.99 Å². The molecule has 1 spiro atoms. The predicted molar refractivity (Wildman–Crippen MR) is 110 cm³/mol. The van der Waals surface area contributed by atoms with Gasteiger partial charge in [0.25, 0.3) is 0 Å². The summed E-state index contributed by atoms with van der Waals surface area (Å²) in [5.41, 5.74) is 2.48. The van der Waals surface area contributed by atoms with E-state index in [1.165, 1.54) is 51.4 Å². The maximum absolute atomic E-state index is 12.1. The highest BCUT2D eigenvalue weighted by Gasteiger charge is 2.41. The van der Waals surface area contributed by atoms with Gasteiger partial charge in [-0.1, -0.05) is 38.5 Å². The average molecular weight is 370 g/mol. The Morgan fingerprint density at radius 3 is 2.59 bits per heavy atom. The van der Waals surface area contributed by atoms with Crippen molar-refractivity contribution in [2.45, 2.75) is 82.7 Å². The van der Waals surface area contributed by atoms with Crippen LogP contribution in [-0.2, 0) is 4.74 Å². The quantitative estimate of drug-likeness (QED) is 0.725. The molecule has 1 heterocycles. The molecule has 3 aliphatic rings. The third-order valence-electron chi connectivity index (χ3n) is 6.20. The third-order valence-corrected chi connectivity index (χ3v) is 6.20. The molecule has 0 amide bonds. The first-order valence-electron chi connectivity index (χ1n) is 10.6. The second-order valence-corrected chi connectivity index (χ2v) is 8.14. The molecule has 0 saturated heterocycles. The standard InChI is InChI=1S/C22H31N3O2/c1-2-27-20(26)16-11-12-18-19(15-16)25-22(13-7-4-8-14-22)21(24-18)23-17-9-5-3-6-10-17/h11-12,15,17,25H,2-10,13-14H2,1H3,(H,23,24). The highest BCUT2D eigenvalue weighted by molar-refractivity contribution is 6.10. The number of ether oxygens (including phenoxy) is 1. The fourth-order valence-corrected chi connectivity index (χ4v) is 4.73. The maximum atomic E-state index is 12.1. The minimum Gasteiger partial charge on any atom is -0.462 e. The van der Waals surface area contributed by atoms with Crippen molar-refractivity contribution in [2.75, 3.05) is 17.2 Å². The van der Waals surface area contributed by atoms with E-state index in [2.05, 4.69) is 10.6 Å². The molecule has 2 saturated carbocycles. The number of esters is 1. The first-order chi connectivity index (χ1) is 13.2. The Labute approximate surface area is 162 Å². The minimum absolute atomic E-state index is 0.115. The topological polar surface area (TPSA) is 62.7 Å². The number of rotatable bonds is 3. The van der Waals surface area contributed by atoms with Crippen molar-refractivity contribution < 1.29 is 9.53 Å². The Morgan fingerprint density at radius 2 is 1.85 bits per heavy atom. The zero-order valence-electron chi connectivity index (χ0n) is 16.4. The molecular weight excluding hydrogens is 338 g/mol. The number of benzene rings is 1. The first-order valence-corrected chi connectivity index (χ1v) is 10.6. The van der Waals surface area contributed by atoms with Gasteiger partial charge in [-0.2, -0.15) is 0 Å². The fourth-order valence-electron chi connectivity index (χ4n) is 4.73. The molecule has 0 radical (unpaired) electrons. The molecule has 0 bridgehead atoms. The molecular formula is C22H31N3O2. The summed E-state index contributed by atoms with van der Waals surface area (Å²) in [6.45, 7) is 2.23. The van der Waals surface area contributed by atoms with Gasteiger partial charge in [-0.05, 0) is 50.8 Å². The van der Waals surface area contributed by atoms with Crippen LogP contribution in [0.25, 0.3) is 0 Å². The summed E-state index contributed by atoms with van der Waals surface area (Å²) in [6, 6.07) is 6.18. The molecule has 1 aromatic rings. The van der Waals surface area contributed by atoms with Crippen molar-refractivity contribution in [1.82, 2.24) is 0 Å². The SMILES string of the molecule is CCOC(=O)c1ccc2c(c1)NC1(CCCCC1)C(=NC1CCCCC1)N2. The predicted octanol–water partition coefficient (Wildman–Crippen LogP) is 5.13. The molecule has 4 rings (SSSR count). The van der Waals surface area contributed by atoms with E-state index >= 15 is 0 Å². The molecule has 146 valence electrons. The van der Waals surface area contributed by atoms with Gasteiger partial charge in [0.15, 0.2) is 0 Å². The minimum atomic E-state index is -0.263. The summed E-state index contributed by atoms with van der Waals surface area (Å²) >= 11 is 0. The number of nitrogens with one attached hydrogen (secondary N) is 2. The average Bonchev–Trinajstić information content (AvgIpc) is 2.70. The van der Waals surface area contributed by atoms with Crippen LogP contribution in [0.15, 0.2) is 23.2 Å². The molecule has 5 heteroatoms. The molecule has 1 aliphatic heterocycles. The highest BCUT2D eigenvalue weighted by Crippen LogP contribution is 2.40. The van der Waals surface area contributed by atoms with E-state index in [0.717, 1.165) is 30.1 Å². The largest absolute Gasteiger partial charge is 0.462 e. The Bertz CT molecular complexity index is 716. The molecule has 2 fully saturated rings. The van der Waals surface area contributed by atoms with Crippen LogP contribution in [-0.4, -0.2) is 30.0 Å². The lowest BCUT2D eigenvalue weighted by atomic mass is 9.78. The van der Waals surface area contributed by atoms with Gasteiger partial charge in [-0.15, -0.1) is 0 Å². The zero-order chi connectivity index (χ0) is 18.7. The smallest absolute Gasteiger partial charge is 0.338 e. The summed E-state index contributed by atoms with van der Waals surface area (Å²) in [7, 11) is 0. The fraction of sp³-hybridized carbons (Fsp3) is 0.636. The van der Waals surface area contributed by atoms with Crippen molar-refractivity contribution in [3.8, 4) is 0 Å². The zero-order valence-corrected chi connectivity index (χ0v) is 16.4. The van der Waals surface area contributed by atoms with E-state index in [9.17, 15) is 4.79 Å². The Morgan fingerprint density at radius 1 is 1.11 bits per heavy atom. The van der Waals surface area contributed by atoms with Gasteiger partial charge >= 0.3 is 5.97 Å². The van der Waals surface area contributed by atoms with Crippen LogP contribution in [0.4, 0.5) is 11.4 Å². The van der Waals surface area contributed by atoms with Gasteiger partial charge in [0.1, 0.15) is 5.84 Å². The van der Waals surface area contributed by atoms with E-state index < -0.39 is 0 Å². The highest BCUT2D eigenvalue weighted by atomic mass is 16.5. The van der Waals surface area contributed by atoms with Gasteiger partial charge < -0.3 is 15.4 Å². The number of aliphatic imine (C=N–C) groups is 1. The van der Waals surface area contributed by atoms with Crippen LogP contribution >= 0.6 is 0 Å². The van der Waals surface area contributed by atoms with Crippen LogP contribution in [0, 0.1) is 0 Å². The summed E-state index contributed by atoms with van der Waals surface area (Å²) in [6.07, 6.45) is 12.2. The molecule has 1 aromatic carbocycles. The van der Waals surface area contributed by atoms with Crippen LogP contribution in [0.3, 0.4) is 0 Å². The number of anilines is 2. The van der Waals surface area contributed by atoms with Gasteiger partial charge in [0, 0.05) is 0 Å². The number of carbonyl (C=O) groups excluding carboxylic acids is 1. The second-order valence-electron chi connectivity index (χ2n) is 8.14. The van der Waals surface area contributed by atoms with E-state index in [0.29, 0.717) is 18.2 Å². The third kappa shape index (κ3) is 3.83. The lowest BCUT2D eigenvalue weighted by molar-refractivity contribution is 0.0526.